The molecule has 1 aliphatic heterocycles. The minimum Gasteiger partial charge on any atom is -0.452 e. The number of esters is 2. The first kappa shape index (κ1) is 18.0. The van der Waals surface area contributed by atoms with Gasteiger partial charge in [0.25, 0.3) is 0 Å². The van der Waals surface area contributed by atoms with Gasteiger partial charge in [-0.2, -0.15) is 0 Å². The zero-order valence-electron chi connectivity index (χ0n) is 13.7. The maximum Gasteiger partial charge on any atom is 0.338 e. The summed E-state index contributed by atoms with van der Waals surface area (Å²) < 4.78 is 29.0. The van der Waals surface area contributed by atoms with Crippen LogP contribution >= 0.6 is 0 Å². The van der Waals surface area contributed by atoms with Gasteiger partial charge in [0, 0.05) is 0 Å². The summed E-state index contributed by atoms with van der Waals surface area (Å²) >= 11 is 0. The number of hydrogen-bond acceptors (Lipinski definition) is 6. The summed E-state index contributed by atoms with van der Waals surface area (Å²) in [5, 5.41) is 10.0. The molecule has 1 aliphatic rings. The average molecular weight is 360 g/mol. The second-order valence-corrected chi connectivity index (χ2v) is 5.72. The van der Waals surface area contributed by atoms with Gasteiger partial charge in [0.15, 0.2) is 18.3 Å². The molecule has 26 heavy (non-hydrogen) atoms. The number of alkyl halides is 1. The molecular weight excluding hydrogens is 343 g/mol. The van der Waals surface area contributed by atoms with E-state index < -0.39 is 36.6 Å². The van der Waals surface area contributed by atoms with E-state index in [4.69, 9.17) is 14.2 Å². The third-order valence-corrected chi connectivity index (χ3v) is 3.91. The van der Waals surface area contributed by atoms with Gasteiger partial charge in [-0.05, 0) is 24.3 Å². The Kier molecular flexibility index (Phi) is 5.60. The molecule has 0 saturated carbocycles. The van der Waals surface area contributed by atoms with E-state index in [1.165, 1.54) is 12.1 Å². The van der Waals surface area contributed by atoms with E-state index in [9.17, 15) is 19.1 Å². The fourth-order valence-corrected chi connectivity index (χ4v) is 2.54. The quantitative estimate of drug-likeness (QED) is 0.841. The molecule has 0 radical (unpaired) electrons. The van der Waals surface area contributed by atoms with Crippen LogP contribution in [0.3, 0.4) is 0 Å². The number of aliphatic hydroxyl groups excluding tert-OH is 1. The Morgan fingerprint density at radius 2 is 1.42 bits per heavy atom. The van der Waals surface area contributed by atoms with Gasteiger partial charge in [0.2, 0.25) is 6.36 Å². The predicted octanol–water partition coefficient (Wildman–Crippen LogP) is 2.12. The van der Waals surface area contributed by atoms with Crippen LogP contribution < -0.4 is 0 Å². The first-order chi connectivity index (χ1) is 12.6. The normalized spacial score (nSPS) is 25.3. The molecule has 0 spiro atoms. The summed E-state index contributed by atoms with van der Waals surface area (Å²) in [6, 6.07) is 16.2. The molecule has 1 heterocycles. The van der Waals surface area contributed by atoms with Gasteiger partial charge in [-0.25, -0.2) is 14.0 Å². The van der Waals surface area contributed by atoms with Crippen molar-refractivity contribution in [1.29, 1.82) is 0 Å². The van der Waals surface area contributed by atoms with Crippen LogP contribution in [0.5, 0.6) is 0 Å². The van der Waals surface area contributed by atoms with E-state index >= 15 is 0 Å². The third-order valence-electron chi connectivity index (χ3n) is 3.91. The summed E-state index contributed by atoms with van der Waals surface area (Å²) in [6.07, 6.45) is -6.35. The Hall–Kier alpha value is -2.77. The molecule has 6 nitrogen and oxygen atoms in total. The van der Waals surface area contributed by atoms with Crippen molar-refractivity contribution in [3.63, 3.8) is 0 Å². The van der Waals surface area contributed by atoms with Crippen molar-refractivity contribution >= 4 is 11.9 Å². The van der Waals surface area contributed by atoms with E-state index in [2.05, 4.69) is 0 Å². The van der Waals surface area contributed by atoms with E-state index in [0.29, 0.717) is 0 Å². The number of carbonyl (C=O) groups excluding carboxylic acids is 2. The molecular formula is C19H17FO6. The van der Waals surface area contributed by atoms with Gasteiger partial charge in [-0.3, -0.25) is 0 Å². The fourth-order valence-electron chi connectivity index (χ4n) is 2.54. The second-order valence-electron chi connectivity index (χ2n) is 5.72. The highest BCUT2D eigenvalue weighted by Crippen LogP contribution is 2.23. The fraction of sp³-hybridized carbons (Fsp3) is 0.263. The van der Waals surface area contributed by atoms with Gasteiger partial charge in [-0.15, -0.1) is 0 Å². The molecule has 1 saturated heterocycles. The number of rotatable bonds is 4. The highest BCUT2D eigenvalue weighted by atomic mass is 19.1. The molecule has 3 rings (SSSR count). The van der Waals surface area contributed by atoms with Gasteiger partial charge in [0.1, 0.15) is 0 Å². The maximum absolute atomic E-state index is 13.7. The molecule has 0 unspecified atom stereocenters. The van der Waals surface area contributed by atoms with E-state index in [1.807, 2.05) is 0 Å². The van der Waals surface area contributed by atoms with Gasteiger partial charge < -0.3 is 19.3 Å². The van der Waals surface area contributed by atoms with Crippen molar-refractivity contribution in [3.8, 4) is 0 Å². The van der Waals surface area contributed by atoms with Crippen LogP contribution in [0.25, 0.3) is 0 Å². The molecule has 136 valence electrons. The van der Waals surface area contributed by atoms with Crippen molar-refractivity contribution < 1.29 is 33.3 Å². The van der Waals surface area contributed by atoms with E-state index in [0.717, 1.165) is 0 Å². The van der Waals surface area contributed by atoms with E-state index in [-0.39, 0.29) is 17.7 Å². The topological polar surface area (TPSA) is 82.1 Å². The summed E-state index contributed by atoms with van der Waals surface area (Å²) in [7, 11) is 0. The minimum atomic E-state index is -2.05. The molecule has 1 fully saturated rings. The average Bonchev–Trinajstić information content (AvgIpc) is 2.68. The summed E-state index contributed by atoms with van der Waals surface area (Å²) in [5.41, 5.74) is 0.507. The smallest absolute Gasteiger partial charge is 0.338 e. The lowest BCUT2D eigenvalue weighted by molar-refractivity contribution is -0.224. The van der Waals surface area contributed by atoms with Crippen LogP contribution in [0.15, 0.2) is 60.7 Å². The van der Waals surface area contributed by atoms with Crippen LogP contribution in [0.1, 0.15) is 20.7 Å². The van der Waals surface area contributed by atoms with E-state index in [1.54, 1.807) is 48.5 Å². The summed E-state index contributed by atoms with van der Waals surface area (Å²) in [4.78, 5) is 24.4. The molecule has 0 aliphatic carbocycles. The first-order valence-corrected chi connectivity index (χ1v) is 8.02. The van der Waals surface area contributed by atoms with Gasteiger partial charge in [-0.1, -0.05) is 36.4 Å². The number of hydrogen-bond donors (Lipinski definition) is 1. The van der Waals surface area contributed by atoms with Crippen LogP contribution in [0.4, 0.5) is 4.39 Å². The van der Waals surface area contributed by atoms with Crippen molar-refractivity contribution in [2.75, 3.05) is 6.61 Å². The molecule has 2 aromatic rings. The molecule has 0 amide bonds. The lowest BCUT2D eigenvalue weighted by Crippen LogP contribution is -2.54. The third kappa shape index (κ3) is 4.07. The number of aliphatic hydroxyl groups is 1. The highest BCUT2D eigenvalue weighted by molar-refractivity contribution is 5.90. The standard InChI is InChI=1S/C19H17FO6/c20-17-15(21)16(26-19(23)13-9-5-2-6-10-13)14(11-24-17)25-18(22)12-7-3-1-4-8-12/h1-10,14-17,21H,11H2/t14-,15-,16-,17+/m0/s1. The number of carbonyl (C=O) groups is 2. The van der Waals surface area contributed by atoms with Gasteiger partial charge in [0.05, 0.1) is 17.7 Å². The molecule has 0 aromatic heterocycles. The van der Waals surface area contributed by atoms with Crippen LogP contribution in [0.2, 0.25) is 0 Å². The van der Waals surface area contributed by atoms with Crippen molar-refractivity contribution in [1.82, 2.24) is 0 Å². The Bertz CT molecular complexity index is 751. The minimum absolute atomic E-state index is 0.231. The lowest BCUT2D eigenvalue weighted by Gasteiger charge is -2.35. The zero-order chi connectivity index (χ0) is 18.5. The SMILES string of the molecule is O=C(O[C@@H]1[C@H](O)[C@H](F)OC[C@@H]1OC(=O)c1ccccc1)c1ccccc1. The number of ether oxygens (including phenoxy) is 3. The first-order valence-electron chi connectivity index (χ1n) is 8.02. The van der Waals surface area contributed by atoms with Crippen molar-refractivity contribution in [2.24, 2.45) is 0 Å². The number of benzene rings is 2. The Balaban J connectivity index is 1.74. The Morgan fingerprint density at radius 1 is 0.923 bits per heavy atom. The van der Waals surface area contributed by atoms with Crippen LogP contribution in [-0.2, 0) is 14.2 Å². The van der Waals surface area contributed by atoms with Crippen molar-refractivity contribution in [2.45, 2.75) is 24.7 Å². The zero-order valence-corrected chi connectivity index (χ0v) is 13.7. The summed E-state index contributed by atoms with van der Waals surface area (Å²) in [5.74, 6) is -1.45. The molecule has 7 heteroatoms. The lowest BCUT2D eigenvalue weighted by atomic mass is 10.0. The second kappa shape index (κ2) is 8.07. The van der Waals surface area contributed by atoms with Crippen molar-refractivity contribution in [3.05, 3.63) is 71.8 Å². The summed E-state index contributed by atoms with van der Waals surface area (Å²) in [6.45, 7) is -0.344. The molecule has 2 aromatic carbocycles. The number of halogens is 1. The Morgan fingerprint density at radius 3 is 1.96 bits per heavy atom. The van der Waals surface area contributed by atoms with Gasteiger partial charge >= 0.3 is 11.9 Å². The predicted molar refractivity (Wildman–Crippen MR) is 88.1 cm³/mol. The molecule has 0 bridgehead atoms. The largest absolute Gasteiger partial charge is 0.452 e. The molecule has 4 atom stereocenters. The molecule has 1 N–H and O–H groups in total. The monoisotopic (exact) mass is 360 g/mol. The highest BCUT2D eigenvalue weighted by Gasteiger charge is 2.44. The Labute approximate surface area is 149 Å². The van der Waals surface area contributed by atoms with Crippen LogP contribution in [-0.4, -0.2) is 48.3 Å². The maximum atomic E-state index is 13.7. The van der Waals surface area contributed by atoms with Crippen LogP contribution in [0, 0.1) is 0 Å².